The summed E-state index contributed by atoms with van der Waals surface area (Å²) < 4.78 is 0.937. The topological polar surface area (TPSA) is 78.8 Å². The van der Waals surface area contributed by atoms with Crippen LogP contribution in [0.5, 0.6) is 0 Å². The first-order valence-corrected chi connectivity index (χ1v) is 6.75. The van der Waals surface area contributed by atoms with Gasteiger partial charge in [-0.05, 0) is 18.9 Å². The largest absolute Gasteiger partial charge is 0.382 e. The fraction of sp³-hybridized carbons (Fsp3) is 0.417. The lowest BCUT2D eigenvalue weighted by molar-refractivity contribution is 0.493. The molecule has 2 aromatic rings. The summed E-state index contributed by atoms with van der Waals surface area (Å²) in [7, 11) is 0. The van der Waals surface area contributed by atoms with E-state index in [-0.39, 0.29) is 5.92 Å². The van der Waals surface area contributed by atoms with Crippen LogP contribution in [0.15, 0.2) is 12.3 Å². The highest BCUT2D eigenvalue weighted by atomic mass is 32.1. The van der Waals surface area contributed by atoms with E-state index in [0.717, 1.165) is 41.3 Å². The summed E-state index contributed by atoms with van der Waals surface area (Å²) in [6.45, 7) is 1.73. The lowest BCUT2D eigenvalue weighted by Gasteiger charge is -2.28. The van der Waals surface area contributed by atoms with Gasteiger partial charge in [-0.15, -0.1) is 0 Å². The number of pyridine rings is 1. The monoisotopic (exact) mass is 259 g/mol. The van der Waals surface area contributed by atoms with Crippen molar-refractivity contribution in [3.05, 3.63) is 12.3 Å². The lowest BCUT2D eigenvalue weighted by atomic mass is 10.0. The lowest BCUT2D eigenvalue weighted by Crippen LogP contribution is -2.34. The van der Waals surface area contributed by atoms with Crippen LogP contribution in [0.3, 0.4) is 0 Å². The van der Waals surface area contributed by atoms with Crippen molar-refractivity contribution in [1.82, 2.24) is 9.97 Å². The molecule has 0 spiro atoms. The van der Waals surface area contributed by atoms with Gasteiger partial charge in [0.25, 0.3) is 0 Å². The van der Waals surface area contributed by atoms with Gasteiger partial charge < -0.3 is 10.6 Å². The summed E-state index contributed by atoms with van der Waals surface area (Å²) in [5.74, 6) is 0.645. The van der Waals surface area contributed by atoms with E-state index in [2.05, 4.69) is 20.9 Å². The Morgan fingerprint density at radius 3 is 3.22 bits per heavy atom. The fourth-order valence-electron chi connectivity index (χ4n) is 2.25. The zero-order valence-electron chi connectivity index (χ0n) is 9.83. The Balaban J connectivity index is 1.95. The zero-order chi connectivity index (χ0) is 12.5. The number of nitrogen functional groups attached to an aromatic ring is 1. The van der Waals surface area contributed by atoms with Crippen molar-refractivity contribution in [2.75, 3.05) is 23.7 Å². The molecule has 6 heteroatoms. The minimum absolute atomic E-state index is 0.112. The second-order valence-corrected chi connectivity index (χ2v) is 5.43. The molecule has 0 bridgehead atoms. The third-order valence-electron chi connectivity index (χ3n) is 3.20. The summed E-state index contributed by atoms with van der Waals surface area (Å²) in [6, 6.07) is 4.22. The second kappa shape index (κ2) is 4.42. The number of nitriles is 1. The number of anilines is 2. The van der Waals surface area contributed by atoms with E-state index in [0.29, 0.717) is 5.82 Å². The van der Waals surface area contributed by atoms with E-state index in [1.807, 2.05) is 6.07 Å². The number of fused-ring (bicyclic) bond motifs is 1. The molecule has 1 saturated heterocycles. The van der Waals surface area contributed by atoms with Crippen molar-refractivity contribution in [2.45, 2.75) is 12.8 Å². The van der Waals surface area contributed by atoms with Gasteiger partial charge in [-0.25, -0.2) is 9.97 Å². The standard InChI is InChI=1S/C12H13N5S/c13-6-8-2-1-5-17(7-8)12-16-9-3-4-15-11(14)10(9)18-12/h3-4,8H,1-2,5,7H2,(H2,14,15)/t8-/m0/s1. The van der Waals surface area contributed by atoms with Crippen LogP contribution in [-0.4, -0.2) is 23.1 Å². The first kappa shape index (κ1) is 11.2. The van der Waals surface area contributed by atoms with Gasteiger partial charge in [0.05, 0.1) is 22.2 Å². The second-order valence-electron chi connectivity index (χ2n) is 4.46. The van der Waals surface area contributed by atoms with Gasteiger partial charge >= 0.3 is 0 Å². The molecule has 0 aliphatic carbocycles. The average Bonchev–Trinajstić information content (AvgIpc) is 2.84. The van der Waals surface area contributed by atoms with E-state index in [4.69, 9.17) is 11.0 Å². The Morgan fingerprint density at radius 2 is 2.44 bits per heavy atom. The third-order valence-corrected chi connectivity index (χ3v) is 4.35. The molecule has 1 fully saturated rings. The molecule has 2 N–H and O–H groups in total. The van der Waals surface area contributed by atoms with Crippen molar-refractivity contribution in [3.8, 4) is 6.07 Å². The highest BCUT2D eigenvalue weighted by Crippen LogP contribution is 2.33. The van der Waals surface area contributed by atoms with Gasteiger partial charge in [0.1, 0.15) is 5.82 Å². The molecule has 1 aliphatic heterocycles. The number of nitrogens with two attached hydrogens (primary N) is 1. The van der Waals surface area contributed by atoms with Crippen molar-refractivity contribution in [2.24, 2.45) is 5.92 Å². The molecule has 2 aromatic heterocycles. The fourth-order valence-corrected chi connectivity index (χ4v) is 3.25. The predicted molar refractivity (Wildman–Crippen MR) is 72.4 cm³/mol. The van der Waals surface area contributed by atoms with Gasteiger partial charge in [-0.3, -0.25) is 0 Å². The molecule has 5 nitrogen and oxygen atoms in total. The predicted octanol–water partition coefficient (Wildman–Crippen LogP) is 2.01. The van der Waals surface area contributed by atoms with Gasteiger partial charge in [-0.2, -0.15) is 5.26 Å². The molecule has 0 saturated carbocycles. The number of nitrogens with zero attached hydrogens (tertiary/aromatic N) is 4. The number of thiazole rings is 1. The summed E-state index contributed by atoms with van der Waals surface area (Å²) in [5, 5.41) is 9.96. The number of hydrogen-bond acceptors (Lipinski definition) is 6. The Bertz CT molecular complexity index is 614. The summed E-state index contributed by atoms with van der Waals surface area (Å²) >= 11 is 1.56. The highest BCUT2D eigenvalue weighted by molar-refractivity contribution is 7.22. The van der Waals surface area contributed by atoms with Crippen LogP contribution in [0, 0.1) is 17.2 Å². The molecular weight excluding hydrogens is 246 g/mol. The number of aromatic nitrogens is 2. The van der Waals surface area contributed by atoms with Crippen LogP contribution in [0.2, 0.25) is 0 Å². The molecule has 1 atom stereocenters. The highest BCUT2D eigenvalue weighted by Gasteiger charge is 2.22. The molecule has 3 rings (SSSR count). The zero-order valence-corrected chi connectivity index (χ0v) is 10.7. The third kappa shape index (κ3) is 1.87. The van der Waals surface area contributed by atoms with Crippen LogP contribution in [0.4, 0.5) is 10.9 Å². The smallest absolute Gasteiger partial charge is 0.186 e. The van der Waals surface area contributed by atoms with E-state index < -0.39 is 0 Å². The van der Waals surface area contributed by atoms with Gasteiger partial charge in [0.15, 0.2) is 5.13 Å². The summed E-state index contributed by atoms with van der Waals surface area (Å²) in [6.07, 6.45) is 3.71. The Kier molecular flexibility index (Phi) is 2.76. The molecule has 0 radical (unpaired) electrons. The van der Waals surface area contributed by atoms with Crippen molar-refractivity contribution >= 4 is 32.5 Å². The maximum Gasteiger partial charge on any atom is 0.186 e. The van der Waals surface area contributed by atoms with Crippen molar-refractivity contribution in [1.29, 1.82) is 5.26 Å². The molecule has 0 aromatic carbocycles. The molecule has 92 valence electrons. The first-order valence-electron chi connectivity index (χ1n) is 5.93. The quantitative estimate of drug-likeness (QED) is 0.847. The van der Waals surface area contributed by atoms with Crippen LogP contribution in [0.1, 0.15) is 12.8 Å². The van der Waals surface area contributed by atoms with Crippen LogP contribution in [-0.2, 0) is 0 Å². The van der Waals surface area contributed by atoms with E-state index >= 15 is 0 Å². The Morgan fingerprint density at radius 1 is 1.56 bits per heavy atom. The van der Waals surface area contributed by atoms with Crippen LogP contribution >= 0.6 is 11.3 Å². The number of piperidine rings is 1. The first-order chi connectivity index (χ1) is 8.78. The molecule has 18 heavy (non-hydrogen) atoms. The van der Waals surface area contributed by atoms with E-state index in [1.165, 1.54) is 0 Å². The van der Waals surface area contributed by atoms with E-state index in [9.17, 15) is 0 Å². The maximum atomic E-state index is 9.02. The number of rotatable bonds is 1. The van der Waals surface area contributed by atoms with Crippen molar-refractivity contribution in [3.63, 3.8) is 0 Å². The van der Waals surface area contributed by atoms with Crippen molar-refractivity contribution < 1.29 is 0 Å². The van der Waals surface area contributed by atoms with Crippen LogP contribution < -0.4 is 10.6 Å². The SMILES string of the molecule is N#C[C@@H]1CCCN(c2nc3ccnc(N)c3s2)C1. The maximum absolute atomic E-state index is 9.02. The minimum atomic E-state index is 0.112. The Hall–Kier alpha value is -1.87. The molecule has 0 amide bonds. The van der Waals surface area contributed by atoms with Crippen LogP contribution in [0.25, 0.3) is 10.2 Å². The molecule has 3 heterocycles. The Labute approximate surface area is 109 Å². The summed E-state index contributed by atoms with van der Waals surface area (Å²) in [5.41, 5.74) is 6.73. The summed E-state index contributed by atoms with van der Waals surface area (Å²) in [4.78, 5) is 10.8. The molecular formula is C12H13N5S. The minimum Gasteiger partial charge on any atom is -0.382 e. The van der Waals surface area contributed by atoms with Gasteiger partial charge in [-0.1, -0.05) is 11.3 Å². The van der Waals surface area contributed by atoms with E-state index in [1.54, 1.807) is 17.5 Å². The normalized spacial score (nSPS) is 19.9. The number of hydrogen-bond donors (Lipinski definition) is 1. The molecule has 0 unspecified atom stereocenters. The average molecular weight is 259 g/mol. The van der Waals surface area contributed by atoms with Gasteiger partial charge in [0, 0.05) is 19.3 Å². The van der Waals surface area contributed by atoms with Gasteiger partial charge in [0.2, 0.25) is 0 Å². The molecule has 1 aliphatic rings.